The van der Waals surface area contributed by atoms with Crippen molar-refractivity contribution in [2.24, 2.45) is 0 Å². The van der Waals surface area contributed by atoms with E-state index in [-0.39, 0.29) is 22.4 Å². The fraction of sp³-hybridized carbons (Fsp3) is 0.154. The number of hydrogen-bond donors (Lipinski definition) is 1. The number of ether oxygens (including phenoxy) is 1. The molecule has 0 unspecified atom stereocenters. The van der Waals surface area contributed by atoms with E-state index in [1.807, 2.05) is 42.0 Å². The number of benzene rings is 3. The minimum absolute atomic E-state index is 0.0285. The molecule has 9 heteroatoms. The van der Waals surface area contributed by atoms with Gasteiger partial charge in [-0.3, -0.25) is 9.10 Å². The molecule has 35 heavy (non-hydrogen) atoms. The fourth-order valence-corrected chi connectivity index (χ4v) is 4.84. The number of amides is 1. The Morgan fingerprint density at radius 1 is 1.06 bits per heavy atom. The van der Waals surface area contributed by atoms with E-state index in [1.165, 1.54) is 23.5 Å². The number of aromatic nitrogens is 2. The largest absolute Gasteiger partial charge is 0.497 e. The summed E-state index contributed by atoms with van der Waals surface area (Å²) in [7, 11) is -0.853. The van der Waals surface area contributed by atoms with Gasteiger partial charge in [-0.15, -0.1) is 0 Å². The van der Waals surface area contributed by atoms with Crippen LogP contribution in [0.3, 0.4) is 0 Å². The van der Waals surface area contributed by atoms with Crippen LogP contribution in [0, 0.1) is 0 Å². The highest BCUT2D eigenvalue weighted by molar-refractivity contribution is 7.92. The average molecular weight is 491 g/mol. The SMILES string of the molecule is COc1ccc(N(C)S(=O)(=O)c2cccc(C(=O)N[C@@H](C)c3ccc(-n4ccnc4)cc3)c2)cc1. The van der Waals surface area contributed by atoms with Gasteiger partial charge in [-0.05, 0) is 67.1 Å². The van der Waals surface area contributed by atoms with Gasteiger partial charge in [0, 0.05) is 30.7 Å². The first kappa shape index (κ1) is 24.0. The Bertz CT molecular complexity index is 1400. The summed E-state index contributed by atoms with van der Waals surface area (Å²) in [6.07, 6.45) is 5.28. The molecule has 4 rings (SSSR count). The van der Waals surface area contributed by atoms with Crippen molar-refractivity contribution >= 4 is 21.6 Å². The smallest absolute Gasteiger partial charge is 0.264 e. The summed E-state index contributed by atoms with van der Waals surface area (Å²) in [6.45, 7) is 1.88. The van der Waals surface area contributed by atoms with Crippen LogP contribution in [-0.2, 0) is 10.0 Å². The molecule has 3 aromatic carbocycles. The Labute approximate surface area is 204 Å². The highest BCUT2D eigenvalue weighted by Gasteiger charge is 2.23. The van der Waals surface area contributed by atoms with Crippen molar-refractivity contribution in [3.8, 4) is 11.4 Å². The van der Waals surface area contributed by atoms with Crippen LogP contribution in [0.4, 0.5) is 5.69 Å². The lowest BCUT2D eigenvalue weighted by Crippen LogP contribution is -2.28. The Morgan fingerprint density at radius 2 is 1.77 bits per heavy atom. The molecule has 1 heterocycles. The van der Waals surface area contributed by atoms with Crippen LogP contribution in [0.15, 0.2) is 96.4 Å². The lowest BCUT2D eigenvalue weighted by Gasteiger charge is -2.20. The van der Waals surface area contributed by atoms with Gasteiger partial charge in [-0.25, -0.2) is 13.4 Å². The Balaban J connectivity index is 1.49. The average Bonchev–Trinajstić information content (AvgIpc) is 3.43. The summed E-state index contributed by atoms with van der Waals surface area (Å²) in [5, 5.41) is 2.94. The van der Waals surface area contributed by atoms with E-state index in [4.69, 9.17) is 4.74 Å². The third kappa shape index (κ3) is 5.20. The molecule has 4 aromatic rings. The number of carbonyl (C=O) groups is 1. The number of methoxy groups -OCH3 is 1. The molecular formula is C26H26N4O4S. The van der Waals surface area contributed by atoms with Crippen molar-refractivity contribution in [3.63, 3.8) is 0 Å². The van der Waals surface area contributed by atoms with Crippen molar-refractivity contribution < 1.29 is 17.9 Å². The van der Waals surface area contributed by atoms with Crippen LogP contribution in [0.2, 0.25) is 0 Å². The van der Waals surface area contributed by atoms with Gasteiger partial charge < -0.3 is 14.6 Å². The zero-order valence-corrected chi connectivity index (χ0v) is 20.4. The molecule has 0 bridgehead atoms. The molecule has 0 spiro atoms. The second kappa shape index (κ2) is 10.0. The van der Waals surface area contributed by atoms with Gasteiger partial charge in [0.15, 0.2) is 0 Å². The Kier molecular flexibility index (Phi) is 6.88. The van der Waals surface area contributed by atoms with Gasteiger partial charge in [-0.1, -0.05) is 18.2 Å². The number of sulfonamides is 1. The van der Waals surface area contributed by atoms with E-state index in [1.54, 1.807) is 56.0 Å². The molecule has 0 aliphatic rings. The molecule has 0 aliphatic carbocycles. The van der Waals surface area contributed by atoms with Crippen molar-refractivity contribution in [1.29, 1.82) is 0 Å². The number of anilines is 1. The minimum atomic E-state index is -3.87. The number of carbonyl (C=O) groups excluding carboxylic acids is 1. The van der Waals surface area contributed by atoms with E-state index in [2.05, 4.69) is 10.3 Å². The van der Waals surface area contributed by atoms with Gasteiger partial charge in [0.2, 0.25) is 0 Å². The highest BCUT2D eigenvalue weighted by Crippen LogP contribution is 2.25. The van der Waals surface area contributed by atoms with Crippen LogP contribution < -0.4 is 14.4 Å². The predicted molar refractivity (Wildman–Crippen MR) is 134 cm³/mol. The molecule has 8 nitrogen and oxygen atoms in total. The van der Waals surface area contributed by atoms with E-state index in [9.17, 15) is 13.2 Å². The first-order chi connectivity index (χ1) is 16.8. The van der Waals surface area contributed by atoms with Gasteiger partial charge in [-0.2, -0.15) is 0 Å². The van der Waals surface area contributed by atoms with E-state index >= 15 is 0 Å². The minimum Gasteiger partial charge on any atom is -0.497 e. The number of hydrogen-bond acceptors (Lipinski definition) is 5. The monoisotopic (exact) mass is 490 g/mol. The molecule has 0 fully saturated rings. The van der Waals surface area contributed by atoms with E-state index < -0.39 is 10.0 Å². The summed E-state index contributed by atoms with van der Waals surface area (Å²) < 4.78 is 34.6. The van der Waals surface area contributed by atoms with Gasteiger partial charge in [0.1, 0.15) is 5.75 Å². The summed E-state index contributed by atoms with van der Waals surface area (Å²) in [5.74, 6) is 0.268. The molecule has 1 amide bonds. The maximum Gasteiger partial charge on any atom is 0.264 e. The first-order valence-corrected chi connectivity index (χ1v) is 12.4. The number of nitrogens with one attached hydrogen (secondary N) is 1. The summed E-state index contributed by atoms with van der Waals surface area (Å²) >= 11 is 0. The molecule has 1 N–H and O–H groups in total. The number of nitrogens with zero attached hydrogens (tertiary/aromatic N) is 3. The zero-order valence-electron chi connectivity index (χ0n) is 19.6. The molecule has 0 radical (unpaired) electrons. The normalized spacial score (nSPS) is 12.1. The summed E-state index contributed by atoms with van der Waals surface area (Å²) in [6, 6.07) is 20.2. The summed E-state index contributed by atoms with van der Waals surface area (Å²) in [5.41, 5.74) is 2.62. The summed E-state index contributed by atoms with van der Waals surface area (Å²) in [4.78, 5) is 17.0. The molecule has 1 aromatic heterocycles. The molecule has 0 saturated carbocycles. The third-order valence-corrected chi connectivity index (χ3v) is 7.52. The van der Waals surface area contributed by atoms with E-state index in [0.717, 1.165) is 11.3 Å². The second-order valence-corrected chi connectivity index (χ2v) is 9.92. The van der Waals surface area contributed by atoms with Crippen LogP contribution in [0.25, 0.3) is 5.69 Å². The quantitative estimate of drug-likeness (QED) is 0.400. The van der Waals surface area contributed by atoms with Crippen molar-refractivity contribution in [2.45, 2.75) is 17.9 Å². The van der Waals surface area contributed by atoms with Crippen LogP contribution in [0.5, 0.6) is 5.75 Å². The van der Waals surface area contributed by atoms with Crippen molar-refractivity contribution in [2.75, 3.05) is 18.5 Å². The van der Waals surface area contributed by atoms with E-state index in [0.29, 0.717) is 11.4 Å². The fourth-order valence-electron chi connectivity index (χ4n) is 3.60. The standard InChI is InChI=1S/C26H26N4O4S/c1-19(20-7-9-23(10-8-20)30-16-15-27-18-30)28-26(31)21-5-4-6-25(17-21)35(32,33)29(2)22-11-13-24(34-3)14-12-22/h4-19H,1-3H3,(H,28,31)/t19-/m0/s1. The van der Waals surface area contributed by atoms with Crippen LogP contribution >= 0.6 is 0 Å². The zero-order chi connectivity index (χ0) is 25.0. The third-order valence-electron chi connectivity index (χ3n) is 5.73. The lowest BCUT2D eigenvalue weighted by atomic mass is 10.1. The molecule has 0 aliphatic heterocycles. The molecular weight excluding hydrogens is 464 g/mol. The van der Waals surface area contributed by atoms with Crippen LogP contribution in [0.1, 0.15) is 28.9 Å². The van der Waals surface area contributed by atoms with Gasteiger partial charge >= 0.3 is 0 Å². The highest BCUT2D eigenvalue weighted by atomic mass is 32.2. The van der Waals surface area contributed by atoms with Crippen molar-refractivity contribution in [3.05, 3.63) is 103 Å². The Morgan fingerprint density at radius 3 is 2.40 bits per heavy atom. The molecule has 0 saturated heterocycles. The Hall–Kier alpha value is -4.11. The maximum atomic E-state index is 13.2. The van der Waals surface area contributed by atoms with Gasteiger partial charge in [0.25, 0.3) is 15.9 Å². The number of imidazole rings is 1. The van der Waals surface area contributed by atoms with Crippen LogP contribution in [-0.4, -0.2) is 38.0 Å². The predicted octanol–water partition coefficient (Wildman–Crippen LogP) is 4.20. The first-order valence-electron chi connectivity index (χ1n) is 10.9. The topological polar surface area (TPSA) is 93.5 Å². The second-order valence-electron chi connectivity index (χ2n) is 7.96. The molecule has 180 valence electrons. The lowest BCUT2D eigenvalue weighted by molar-refractivity contribution is 0.0939. The van der Waals surface area contributed by atoms with Crippen molar-refractivity contribution in [1.82, 2.24) is 14.9 Å². The number of rotatable bonds is 8. The maximum absolute atomic E-state index is 13.2. The van der Waals surface area contributed by atoms with Gasteiger partial charge in [0.05, 0.1) is 30.1 Å². The molecule has 1 atom stereocenters.